The van der Waals surface area contributed by atoms with Gasteiger partial charge in [-0.15, -0.1) is 0 Å². The minimum atomic E-state index is -3.92. The molecule has 0 aliphatic heterocycles. The third-order valence-corrected chi connectivity index (χ3v) is 2.47. The smallest absolute Gasteiger partial charge is 0.267 e. The lowest BCUT2D eigenvalue weighted by Gasteiger charge is -2.22. The first kappa shape index (κ1) is 20.7. The van der Waals surface area contributed by atoms with Crippen LogP contribution in [0.3, 0.4) is 0 Å². The van der Waals surface area contributed by atoms with E-state index in [1.807, 2.05) is 0 Å². The lowest BCUT2D eigenvalue weighted by atomic mass is 10.0. The molecule has 0 heterocycles. The largest absolute Gasteiger partial charge is 0.395 e. The summed E-state index contributed by atoms with van der Waals surface area (Å²) in [5.41, 5.74) is 0. The molecule has 0 fully saturated rings. The van der Waals surface area contributed by atoms with Crippen LogP contribution in [0, 0.1) is 0 Å². The van der Waals surface area contributed by atoms with Gasteiger partial charge in [0.1, 0.15) is 24.4 Å². The summed E-state index contributed by atoms with van der Waals surface area (Å²) in [6.07, 6.45) is -6.84. The fourth-order valence-electron chi connectivity index (χ4n) is 0.733. The van der Waals surface area contributed by atoms with Gasteiger partial charge < -0.3 is 35.4 Å². The average molecular weight is 306 g/mol. The highest BCUT2D eigenvalue weighted by molar-refractivity contribution is 7.85. The predicted octanol–water partition coefficient (Wildman–Crippen LogP) is -4.51. The fraction of sp³-hybridized carbons (Fsp3) is 0.875. The monoisotopic (exact) mass is 306 g/mol. The number of aliphatic hydroxyl groups is 6. The van der Waals surface area contributed by atoms with Gasteiger partial charge in [-0.05, 0) is 0 Å². The molecule has 116 valence electrons. The highest BCUT2D eigenvalue weighted by Gasteiger charge is 2.29. The van der Waals surface area contributed by atoms with E-state index in [2.05, 4.69) is 0 Å². The summed E-state index contributed by atoms with van der Waals surface area (Å²) in [5, 5.41) is 51.4. The first-order chi connectivity index (χ1) is 8.60. The van der Waals surface area contributed by atoms with Gasteiger partial charge in [0.25, 0.3) is 10.1 Å². The molecule has 0 aromatic rings. The van der Waals surface area contributed by atoms with E-state index in [0.29, 0.717) is 0 Å². The van der Waals surface area contributed by atoms with Crippen LogP contribution >= 0.6 is 0 Å². The summed E-state index contributed by atoms with van der Waals surface area (Å²) in [5.74, 6) is -0.576. The third-order valence-electron chi connectivity index (χ3n) is 1.77. The van der Waals surface area contributed by atoms with E-state index in [-0.39, 0.29) is 6.29 Å². The number of aliphatic hydroxyl groups excluding tert-OH is 6. The van der Waals surface area contributed by atoms with Crippen molar-refractivity contribution < 1.29 is 48.4 Å². The van der Waals surface area contributed by atoms with E-state index < -0.39 is 53.5 Å². The van der Waals surface area contributed by atoms with Gasteiger partial charge in [0.05, 0.1) is 19.0 Å². The molecule has 19 heavy (non-hydrogen) atoms. The van der Waals surface area contributed by atoms with Gasteiger partial charge in [-0.1, -0.05) is 0 Å². The van der Waals surface area contributed by atoms with Crippen LogP contribution in [0.15, 0.2) is 0 Å². The molecule has 0 amide bonds. The Morgan fingerprint density at radius 2 is 1.47 bits per heavy atom. The van der Waals surface area contributed by atoms with Crippen LogP contribution in [-0.2, 0) is 14.9 Å². The fourth-order valence-corrected chi connectivity index (χ4v) is 0.964. The Morgan fingerprint density at radius 3 is 1.68 bits per heavy atom. The molecule has 7 N–H and O–H groups in total. The van der Waals surface area contributed by atoms with Crippen molar-refractivity contribution in [1.29, 1.82) is 0 Å². The first-order valence-corrected chi connectivity index (χ1v) is 6.56. The summed E-state index contributed by atoms with van der Waals surface area (Å²) in [4.78, 5) is 9.90. The summed E-state index contributed by atoms with van der Waals surface area (Å²) in [6.45, 7) is -1.29. The molecule has 0 aromatic carbocycles. The van der Waals surface area contributed by atoms with Crippen LogP contribution in [0.5, 0.6) is 0 Å². The molecule has 0 saturated heterocycles. The summed E-state index contributed by atoms with van der Waals surface area (Å²) in [7, 11) is -3.92. The Balaban J connectivity index is 0. The third kappa shape index (κ3) is 10.9. The highest BCUT2D eigenvalue weighted by atomic mass is 32.2. The van der Waals surface area contributed by atoms with E-state index >= 15 is 0 Å². The zero-order valence-corrected chi connectivity index (χ0v) is 10.6. The SMILES string of the molecule is O=CC(O)C(O)C(O)C(O)CO.O=S(=O)(O)CCO. The number of carbonyl (C=O) groups is 1. The van der Waals surface area contributed by atoms with Gasteiger partial charge >= 0.3 is 0 Å². The Hall–Kier alpha value is -0.660. The maximum absolute atomic E-state index is 9.90. The second-order valence-corrected chi connectivity index (χ2v) is 4.94. The number of hydrogen-bond acceptors (Lipinski definition) is 9. The van der Waals surface area contributed by atoms with Crippen molar-refractivity contribution in [3.05, 3.63) is 0 Å². The van der Waals surface area contributed by atoms with Crippen molar-refractivity contribution in [3.63, 3.8) is 0 Å². The van der Waals surface area contributed by atoms with Crippen molar-refractivity contribution in [3.8, 4) is 0 Å². The van der Waals surface area contributed by atoms with Crippen LogP contribution in [0.25, 0.3) is 0 Å². The quantitative estimate of drug-likeness (QED) is 0.178. The molecular formula is C8H18O10S. The Labute approximate surface area is 109 Å². The Bertz CT molecular complexity index is 328. The van der Waals surface area contributed by atoms with Gasteiger partial charge in [0.2, 0.25) is 0 Å². The zero-order chi connectivity index (χ0) is 15.6. The molecule has 0 aliphatic carbocycles. The molecule has 4 atom stereocenters. The molecule has 10 nitrogen and oxygen atoms in total. The van der Waals surface area contributed by atoms with Gasteiger partial charge in [-0.3, -0.25) is 4.55 Å². The minimum absolute atomic E-state index is 0.0258. The van der Waals surface area contributed by atoms with Crippen molar-refractivity contribution in [2.24, 2.45) is 0 Å². The van der Waals surface area contributed by atoms with Gasteiger partial charge in [-0.2, -0.15) is 8.42 Å². The molecule has 4 unspecified atom stereocenters. The topological polar surface area (TPSA) is 193 Å². The number of carbonyl (C=O) groups excluding carboxylic acids is 1. The Morgan fingerprint density at radius 1 is 1.00 bits per heavy atom. The van der Waals surface area contributed by atoms with Crippen LogP contribution in [0.4, 0.5) is 0 Å². The molecule has 0 saturated carbocycles. The van der Waals surface area contributed by atoms with Crippen LogP contribution < -0.4 is 0 Å². The summed E-state index contributed by atoms with van der Waals surface area (Å²) < 4.78 is 27.1. The standard InChI is InChI=1S/C6H12O6.C2H6O4S/c7-1-3(9)5(11)6(12)4(10)2-8;3-1-2-7(4,5)6/h1,3-6,8-12H,2H2;3H,1-2H2,(H,4,5,6). The number of hydrogen-bond donors (Lipinski definition) is 7. The van der Waals surface area contributed by atoms with Crippen molar-refractivity contribution in [2.45, 2.75) is 24.4 Å². The molecular weight excluding hydrogens is 288 g/mol. The second-order valence-electron chi connectivity index (χ2n) is 3.37. The first-order valence-electron chi connectivity index (χ1n) is 4.95. The predicted molar refractivity (Wildman–Crippen MR) is 60.7 cm³/mol. The van der Waals surface area contributed by atoms with E-state index in [1.165, 1.54) is 0 Å². The van der Waals surface area contributed by atoms with Gasteiger partial charge in [-0.25, -0.2) is 0 Å². The maximum atomic E-state index is 9.90. The van der Waals surface area contributed by atoms with Crippen LogP contribution in [-0.4, -0.2) is 93.3 Å². The van der Waals surface area contributed by atoms with E-state index in [1.54, 1.807) is 0 Å². The summed E-state index contributed by atoms with van der Waals surface area (Å²) in [6, 6.07) is 0. The van der Waals surface area contributed by atoms with Crippen molar-refractivity contribution in [2.75, 3.05) is 19.0 Å². The van der Waals surface area contributed by atoms with Crippen LogP contribution in [0.1, 0.15) is 0 Å². The normalized spacial score (nSPS) is 17.6. The lowest BCUT2D eigenvalue weighted by molar-refractivity contribution is -0.136. The Kier molecular flexibility index (Phi) is 11.1. The lowest BCUT2D eigenvalue weighted by Crippen LogP contribution is -2.46. The van der Waals surface area contributed by atoms with Crippen molar-refractivity contribution >= 4 is 16.4 Å². The molecule has 0 spiro atoms. The molecule has 0 rings (SSSR count). The zero-order valence-electron chi connectivity index (χ0n) is 9.77. The number of aldehydes is 1. The highest BCUT2D eigenvalue weighted by Crippen LogP contribution is 2.02. The maximum Gasteiger partial charge on any atom is 0.267 e. The van der Waals surface area contributed by atoms with Crippen molar-refractivity contribution in [1.82, 2.24) is 0 Å². The van der Waals surface area contributed by atoms with Gasteiger partial charge in [0, 0.05) is 0 Å². The molecule has 11 heteroatoms. The van der Waals surface area contributed by atoms with E-state index in [4.69, 9.17) is 35.2 Å². The van der Waals surface area contributed by atoms with E-state index in [9.17, 15) is 13.2 Å². The summed E-state index contributed by atoms with van der Waals surface area (Å²) >= 11 is 0. The van der Waals surface area contributed by atoms with Crippen LogP contribution in [0.2, 0.25) is 0 Å². The number of rotatable bonds is 7. The van der Waals surface area contributed by atoms with E-state index in [0.717, 1.165) is 0 Å². The van der Waals surface area contributed by atoms with Gasteiger partial charge in [0.15, 0.2) is 6.29 Å². The molecule has 0 bridgehead atoms. The molecule has 0 aromatic heterocycles. The second kappa shape index (κ2) is 10.2. The molecule has 0 aliphatic rings. The average Bonchev–Trinajstić information content (AvgIpc) is 2.34. The molecule has 0 radical (unpaired) electrons. The minimum Gasteiger partial charge on any atom is -0.395 e.